The van der Waals surface area contributed by atoms with Crippen molar-refractivity contribution in [2.45, 2.75) is 32.3 Å². The summed E-state index contributed by atoms with van der Waals surface area (Å²) in [6, 6.07) is 0. The summed E-state index contributed by atoms with van der Waals surface area (Å²) in [5.41, 5.74) is 0. The van der Waals surface area contributed by atoms with Gasteiger partial charge in [0, 0.05) is 13.0 Å². The van der Waals surface area contributed by atoms with Gasteiger partial charge in [-0.2, -0.15) is 0 Å². The molecule has 1 rings (SSSR count). The Hall–Kier alpha value is -1.05. The molecule has 0 unspecified atom stereocenters. The van der Waals surface area contributed by atoms with Gasteiger partial charge in [-0.3, -0.25) is 4.79 Å². The highest BCUT2D eigenvalue weighted by Gasteiger charge is 2.14. The van der Waals surface area contributed by atoms with E-state index in [4.69, 9.17) is 4.74 Å². The van der Waals surface area contributed by atoms with Crippen molar-refractivity contribution in [1.29, 1.82) is 0 Å². The van der Waals surface area contributed by atoms with Crippen LogP contribution in [0.2, 0.25) is 0 Å². The van der Waals surface area contributed by atoms with Gasteiger partial charge in [0.1, 0.15) is 6.61 Å². The summed E-state index contributed by atoms with van der Waals surface area (Å²) >= 11 is 0. The van der Waals surface area contributed by atoms with Gasteiger partial charge in [0.15, 0.2) is 0 Å². The quantitative estimate of drug-likeness (QED) is 0.521. The lowest BCUT2D eigenvalue weighted by Gasteiger charge is -2.22. The molecule has 4 heteroatoms. The van der Waals surface area contributed by atoms with Gasteiger partial charge in [-0.25, -0.2) is 0 Å². The molecule has 1 aliphatic rings. The maximum atomic E-state index is 11.3. The van der Waals surface area contributed by atoms with Crippen molar-refractivity contribution in [2.75, 3.05) is 26.2 Å². The first-order chi connectivity index (χ1) is 7.83. The van der Waals surface area contributed by atoms with E-state index in [0.29, 0.717) is 13.0 Å². The predicted octanol–water partition coefficient (Wildman–Crippen LogP) is 0.285. The Morgan fingerprint density at radius 3 is 2.94 bits per heavy atom. The Bertz CT molecular complexity index is 262. The number of carbonyl (C=O) groups excluding carboxylic acids is 1. The molecule has 1 aliphatic heterocycles. The number of carbonyl (C=O) groups is 1. The molecular formula is C12H20N2O2. The van der Waals surface area contributed by atoms with Gasteiger partial charge >= 0.3 is 0 Å². The highest BCUT2D eigenvalue weighted by atomic mass is 16.5. The standard InChI is InChI=1S/C12H20N2O2/c1-2-3-4-7-14-12(15)10-16-11-5-8-13-9-6-11/h11,13H,4-10H2,1H3,(H,14,15). The van der Waals surface area contributed by atoms with E-state index in [1.807, 2.05) is 0 Å². The lowest BCUT2D eigenvalue weighted by Crippen LogP contribution is -2.36. The Kier molecular flexibility index (Phi) is 6.62. The van der Waals surface area contributed by atoms with E-state index in [1.165, 1.54) is 0 Å². The lowest BCUT2D eigenvalue weighted by atomic mass is 10.1. The summed E-state index contributed by atoms with van der Waals surface area (Å²) in [7, 11) is 0. The van der Waals surface area contributed by atoms with Crippen LogP contribution >= 0.6 is 0 Å². The van der Waals surface area contributed by atoms with Gasteiger partial charge < -0.3 is 15.4 Å². The summed E-state index contributed by atoms with van der Waals surface area (Å²) in [6.45, 7) is 4.54. The number of piperidine rings is 1. The number of amides is 1. The van der Waals surface area contributed by atoms with Crippen molar-refractivity contribution in [2.24, 2.45) is 0 Å². The van der Waals surface area contributed by atoms with Crippen molar-refractivity contribution in [3.8, 4) is 11.8 Å². The van der Waals surface area contributed by atoms with Crippen molar-refractivity contribution in [3.63, 3.8) is 0 Å². The zero-order chi connectivity index (χ0) is 11.6. The molecule has 0 aromatic carbocycles. The van der Waals surface area contributed by atoms with E-state index < -0.39 is 0 Å². The molecule has 0 bridgehead atoms. The molecule has 4 nitrogen and oxygen atoms in total. The summed E-state index contributed by atoms with van der Waals surface area (Å²) < 4.78 is 5.51. The van der Waals surface area contributed by atoms with Gasteiger partial charge in [-0.15, -0.1) is 11.8 Å². The summed E-state index contributed by atoms with van der Waals surface area (Å²) in [5.74, 6) is 5.64. The van der Waals surface area contributed by atoms with Gasteiger partial charge in [-0.05, 0) is 32.9 Å². The minimum atomic E-state index is -0.0450. The zero-order valence-corrected chi connectivity index (χ0v) is 9.84. The first kappa shape index (κ1) is 13.0. The number of hydrogen-bond acceptors (Lipinski definition) is 3. The van der Waals surface area contributed by atoms with E-state index in [-0.39, 0.29) is 18.6 Å². The van der Waals surface area contributed by atoms with E-state index >= 15 is 0 Å². The van der Waals surface area contributed by atoms with Gasteiger partial charge in [0.25, 0.3) is 0 Å². The van der Waals surface area contributed by atoms with E-state index in [9.17, 15) is 4.79 Å². The molecule has 1 saturated heterocycles. The maximum Gasteiger partial charge on any atom is 0.246 e. The molecule has 16 heavy (non-hydrogen) atoms. The third kappa shape index (κ3) is 5.74. The van der Waals surface area contributed by atoms with Crippen LogP contribution < -0.4 is 10.6 Å². The minimum Gasteiger partial charge on any atom is -0.368 e. The van der Waals surface area contributed by atoms with Crippen LogP contribution in [-0.4, -0.2) is 38.3 Å². The van der Waals surface area contributed by atoms with Crippen LogP contribution in [0.25, 0.3) is 0 Å². The van der Waals surface area contributed by atoms with Crippen molar-refractivity contribution in [1.82, 2.24) is 10.6 Å². The normalized spacial score (nSPS) is 16.3. The molecule has 0 aromatic heterocycles. The largest absolute Gasteiger partial charge is 0.368 e. The molecule has 0 atom stereocenters. The fourth-order valence-corrected chi connectivity index (χ4v) is 1.60. The first-order valence-corrected chi connectivity index (χ1v) is 5.81. The van der Waals surface area contributed by atoms with Gasteiger partial charge in [0.05, 0.1) is 6.10 Å². The molecule has 90 valence electrons. The van der Waals surface area contributed by atoms with Crippen molar-refractivity contribution in [3.05, 3.63) is 0 Å². The summed E-state index contributed by atoms with van der Waals surface area (Å²) in [5, 5.41) is 6.03. The fraction of sp³-hybridized carbons (Fsp3) is 0.750. The Morgan fingerprint density at radius 1 is 1.50 bits per heavy atom. The van der Waals surface area contributed by atoms with Crippen LogP contribution in [-0.2, 0) is 9.53 Å². The number of rotatable bonds is 5. The molecule has 2 N–H and O–H groups in total. The minimum absolute atomic E-state index is 0.0450. The van der Waals surface area contributed by atoms with Crippen LogP contribution in [0.5, 0.6) is 0 Å². The van der Waals surface area contributed by atoms with E-state index in [0.717, 1.165) is 25.9 Å². The molecule has 0 aliphatic carbocycles. The smallest absolute Gasteiger partial charge is 0.246 e. The molecule has 0 radical (unpaired) electrons. The fourth-order valence-electron chi connectivity index (χ4n) is 1.60. The molecule has 1 fully saturated rings. The van der Waals surface area contributed by atoms with Gasteiger partial charge in [0.2, 0.25) is 5.91 Å². The highest BCUT2D eigenvalue weighted by molar-refractivity contribution is 5.77. The Labute approximate surface area is 97.1 Å². The molecule has 1 heterocycles. The Morgan fingerprint density at radius 2 is 2.25 bits per heavy atom. The second-order valence-corrected chi connectivity index (χ2v) is 3.79. The predicted molar refractivity (Wildman–Crippen MR) is 62.9 cm³/mol. The maximum absolute atomic E-state index is 11.3. The number of nitrogens with one attached hydrogen (secondary N) is 2. The summed E-state index contributed by atoms with van der Waals surface area (Å²) in [4.78, 5) is 11.3. The van der Waals surface area contributed by atoms with Crippen LogP contribution in [0, 0.1) is 11.8 Å². The monoisotopic (exact) mass is 224 g/mol. The molecule has 0 saturated carbocycles. The number of hydrogen-bond donors (Lipinski definition) is 2. The third-order valence-electron chi connectivity index (χ3n) is 2.49. The zero-order valence-electron chi connectivity index (χ0n) is 9.84. The molecule has 0 aromatic rings. The second-order valence-electron chi connectivity index (χ2n) is 3.79. The molecule has 0 spiro atoms. The van der Waals surface area contributed by atoms with Crippen molar-refractivity contribution >= 4 is 5.91 Å². The topological polar surface area (TPSA) is 50.4 Å². The second kappa shape index (κ2) is 8.14. The third-order valence-corrected chi connectivity index (χ3v) is 2.49. The van der Waals surface area contributed by atoms with E-state index in [1.54, 1.807) is 6.92 Å². The average molecular weight is 224 g/mol. The average Bonchev–Trinajstić information content (AvgIpc) is 2.33. The lowest BCUT2D eigenvalue weighted by molar-refractivity contribution is -0.128. The summed E-state index contributed by atoms with van der Waals surface area (Å²) in [6.07, 6.45) is 2.93. The molecular weight excluding hydrogens is 204 g/mol. The van der Waals surface area contributed by atoms with Crippen LogP contribution in [0.15, 0.2) is 0 Å². The Balaban J connectivity index is 2.02. The first-order valence-electron chi connectivity index (χ1n) is 5.81. The SMILES string of the molecule is CC#CCCNC(=O)COC1CCNCC1. The van der Waals surface area contributed by atoms with Crippen molar-refractivity contribution < 1.29 is 9.53 Å². The van der Waals surface area contributed by atoms with Crippen LogP contribution in [0.4, 0.5) is 0 Å². The van der Waals surface area contributed by atoms with Crippen LogP contribution in [0.3, 0.4) is 0 Å². The highest BCUT2D eigenvalue weighted by Crippen LogP contribution is 2.06. The van der Waals surface area contributed by atoms with Crippen LogP contribution in [0.1, 0.15) is 26.2 Å². The van der Waals surface area contributed by atoms with E-state index in [2.05, 4.69) is 22.5 Å². The number of ether oxygens (including phenoxy) is 1. The van der Waals surface area contributed by atoms with Gasteiger partial charge in [-0.1, -0.05) is 0 Å². The molecule has 1 amide bonds.